The maximum atomic E-state index is 13.3. The molecule has 0 aliphatic carbocycles. The molecule has 2 rings (SSSR count). The minimum absolute atomic E-state index is 0.0296. The molecular weight excluding hydrogens is 343 g/mol. The highest BCUT2D eigenvalue weighted by Crippen LogP contribution is 2.27. The number of hydrogen-bond acceptors (Lipinski definition) is 2. The first-order valence-corrected chi connectivity index (χ1v) is 8.04. The number of carbonyl (C=O) groups excluding carboxylic acids is 1. The van der Waals surface area contributed by atoms with Gasteiger partial charge < -0.3 is 10.1 Å². The molecule has 2 aromatic carbocycles. The first-order chi connectivity index (χ1) is 12.3. The Morgan fingerprint density at radius 3 is 2.31 bits per heavy atom. The molecule has 0 bridgehead atoms. The van der Waals surface area contributed by atoms with Crippen LogP contribution in [-0.2, 0) is 11.3 Å². The fraction of sp³-hybridized carbons (Fsp3) is 0.250. The first-order valence-electron chi connectivity index (χ1n) is 8.04. The Balaban J connectivity index is 2.06. The van der Waals surface area contributed by atoms with Crippen molar-refractivity contribution in [3.8, 4) is 0 Å². The van der Waals surface area contributed by atoms with Gasteiger partial charge in [0.25, 0.3) is 0 Å². The Kier molecular flexibility index (Phi) is 6.44. The smallest absolute Gasteiger partial charge is 0.412 e. The molecule has 1 amide bonds. The normalized spacial score (nSPS) is 13.2. The number of nitrogens with one attached hydrogen (secondary N) is 1. The molecule has 0 aliphatic rings. The SMILES string of the molecule is C/C(=C\c1ccc(C)cc1)C(NC(=O)OCc1ccccc1)C(F)(F)F. The van der Waals surface area contributed by atoms with Gasteiger partial charge in [-0.25, -0.2) is 4.79 Å². The summed E-state index contributed by atoms with van der Waals surface area (Å²) in [6, 6.07) is 13.7. The highest BCUT2D eigenvalue weighted by Gasteiger charge is 2.42. The zero-order valence-corrected chi connectivity index (χ0v) is 14.5. The Labute approximate surface area is 150 Å². The van der Waals surface area contributed by atoms with Crippen LogP contribution in [0.2, 0.25) is 0 Å². The minimum atomic E-state index is -4.63. The van der Waals surface area contributed by atoms with Crippen LogP contribution in [-0.4, -0.2) is 18.3 Å². The summed E-state index contributed by atoms with van der Waals surface area (Å²) in [6.07, 6.45) is -4.35. The van der Waals surface area contributed by atoms with Crippen LogP contribution in [0, 0.1) is 6.92 Å². The molecule has 3 nitrogen and oxygen atoms in total. The third kappa shape index (κ3) is 5.95. The van der Waals surface area contributed by atoms with Crippen molar-refractivity contribution in [2.75, 3.05) is 0 Å². The molecule has 1 N–H and O–H groups in total. The quantitative estimate of drug-likeness (QED) is 0.787. The van der Waals surface area contributed by atoms with E-state index >= 15 is 0 Å². The van der Waals surface area contributed by atoms with Crippen molar-refractivity contribution in [2.24, 2.45) is 0 Å². The molecule has 0 aromatic heterocycles. The van der Waals surface area contributed by atoms with Crippen molar-refractivity contribution >= 4 is 12.2 Å². The summed E-state index contributed by atoms with van der Waals surface area (Å²) in [5.41, 5.74) is 2.30. The maximum Gasteiger partial charge on any atom is 0.412 e. The van der Waals surface area contributed by atoms with E-state index in [4.69, 9.17) is 4.74 Å². The topological polar surface area (TPSA) is 38.3 Å². The predicted molar refractivity (Wildman–Crippen MR) is 94.4 cm³/mol. The van der Waals surface area contributed by atoms with E-state index in [1.807, 2.05) is 24.4 Å². The maximum absolute atomic E-state index is 13.3. The van der Waals surface area contributed by atoms with Gasteiger partial charge in [-0.2, -0.15) is 13.2 Å². The lowest BCUT2D eigenvalue weighted by Crippen LogP contribution is -2.46. The zero-order chi connectivity index (χ0) is 19.2. The van der Waals surface area contributed by atoms with Crippen LogP contribution in [0.1, 0.15) is 23.6 Å². The van der Waals surface area contributed by atoms with Crippen LogP contribution in [0.3, 0.4) is 0 Å². The van der Waals surface area contributed by atoms with Crippen LogP contribution in [0.25, 0.3) is 6.08 Å². The van der Waals surface area contributed by atoms with Gasteiger partial charge in [0.2, 0.25) is 0 Å². The molecule has 2 aromatic rings. The molecule has 26 heavy (non-hydrogen) atoms. The van der Waals surface area contributed by atoms with Crippen molar-refractivity contribution in [1.82, 2.24) is 5.32 Å². The zero-order valence-electron chi connectivity index (χ0n) is 14.5. The van der Waals surface area contributed by atoms with E-state index in [2.05, 4.69) is 0 Å². The molecular formula is C20H20F3NO2. The minimum Gasteiger partial charge on any atom is -0.445 e. The van der Waals surface area contributed by atoms with E-state index in [1.54, 1.807) is 42.5 Å². The third-order valence-electron chi connectivity index (χ3n) is 3.73. The van der Waals surface area contributed by atoms with Crippen molar-refractivity contribution in [3.63, 3.8) is 0 Å². The summed E-state index contributed by atoms with van der Waals surface area (Å²) >= 11 is 0. The average molecular weight is 363 g/mol. The second-order valence-electron chi connectivity index (χ2n) is 5.98. The monoisotopic (exact) mass is 363 g/mol. The van der Waals surface area contributed by atoms with E-state index in [0.717, 1.165) is 5.56 Å². The van der Waals surface area contributed by atoms with Gasteiger partial charge in [0.1, 0.15) is 12.6 Å². The van der Waals surface area contributed by atoms with Crippen LogP contribution >= 0.6 is 0 Å². The van der Waals surface area contributed by atoms with E-state index < -0.39 is 18.3 Å². The summed E-state index contributed by atoms with van der Waals surface area (Å²) in [4.78, 5) is 11.8. The predicted octanol–water partition coefficient (Wildman–Crippen LogP) is 5.26. The Bertz CT molecular complexity index is 753. The molecule has 6 heteroatoms. The molecule has 0 saturated heterocycles. The Morgan fingerprint density at radius 2 is 1.73 bits per heavy atom. The van der Waals surface area contributed by atoms with Gasteiger partial charge in [0, 0.05) is 0 Å². The highest BCUT2D eigenvalue weighted by atomic mass is 19.4. The standard InChI is InChI=1S/C20H20F3NO2/c1-14-8-10-16(11-9-14)12-15(2)18(20(21,22)23)24-19(25)26-13-17-6-4-3-5-7-17/h3-12,18H,13H2,1-2H3,(H,24,25)/b15-12+. The number of amides is 1. The molecule has 138 valence electrons. The van der Waals surface area contributed by atoms with Gasteiger partial charge >= 0.3 is 12.3 Å². The van der Waals surface area contributed by atoms with Gasteiger partial charge in [0.05, 0.1) is 0 Å². The fourth-order valence-corrected chi connectivity index (χ4v) is 2.35. The van der Waals surface area contributed by atoms with Crippen molar-refractivity contribution < 1.29 is 22.7 Å². The highest BCUT2D eigenvalue weighted by molar-refractivity contribution is 5.69. The first kappa shape index (κ1) is 19.6. The third-order valence-corrected chi connectivity index (χ3v) is 3.73. The second kappa shape index (κ2) is 8.56. The number of hydrogen-bond donors (Lipinski definition) is 1. The average Bonchev–Trinajstić information content (AvgIpc) is 2.59. The van der Waals surface area contributed by atoms with Crippen LogP contribution in [0.4, 0.5) is 18.0 Å². The number of alkyl carbamates (subject to hydrolysis) is 1. The number of halogens is 3. The number of carbonyl (C=O) groups is 1. The van der Waals surface area contributed by atoms with Gasteiger partial charge in [-0.1, -0.05) is 66.2 Å². The van der Waals surface area contributed by atoms with E-state index in [9.17, 15) is 18.0 Å². The van der Waals surface area contributed by atoms with Crippen LogP contribution in [0.5, 0.6) is 0 Å². The van der Waals surface area contributed by atoms with Gasteiger partial charge in [-0.05, 0) is 30.5 Å². The molecule has 0 fully saturated rings. The number of rotatable bonds is 5. The van der Waals surface area contributed by atoms with Gasteiger partial charge in [-0.15, -0.1) is 0 Å². The molecule has 0 heterocycles. The molecule has 0 aliphatic heterocycles. The van der Waals surface area contributed by atoms with E-state index in [-0.39, 0.29) is 12.2 Å². The summed E-state index contributed by atoms with van der Waals surface area (Å²) in [5.74, 6) is 0. The number of alkyl halides is 3. The van der Waals surface area contributed by atoms with Crippen LogP contribution < -0.4 is 5.32 Å². The van der Waals surface area contributed by atoms with Crippen LogP contribution in [0.15, 0.2) is 60.2 Å². The number of aryl methyl sites for hydroxylation is 1. The summed E-state index contributed by atoms with van der Waals surface area (Å²) in [7, 11) is 0. The van der Waals surface area contributed by atoms with Crippen molar-refractivity contribution in [2.45, 2.75) is 32.7 Å². The fourth-order valence-electron chi connectivity index (χ4n) is 2.35. The molecule has 0 spiro atoms. The lowest BCUT2D eigenvalue weighted by molar-refractivity contribution is -0.145. The van der Waals surface area contributed by atoms with E-state index in [1.165, 1.54) is 13.0 Å². The number of ether oxygens (including phenoxy) is 1. The van der Waals surface area contributed by atoms with Gasteiger partial charge in [0.15, 0.2) is 0 Å². The van der Waals surface area contributed by atoms with Crippen molar-refractivity contribution in [1.29, 1.82) is 0 Å². The second-order valence-corrected chi connectivity index (χ2v) is 5.98. The van der Waals surface area contributed by atoms with Crippen molar-refractivity contribution in [3.05, 3.63) is 76.9 Å². The Morgan fingerprint density at radius 1 is 1.12 bits per heavy atom. The summed E-state index contributed by atoms with van der Waals surface area (Å²) in [6.45, 7) is 3.12. The molecule has 0 saturated carbocycles. The summed E-state index contributed by atoms with van der Waals surface area (Å²) in [5, 5.41) is 1.90. The lowest BCUT2D eigenvalue weighted by atomic mass is 10.0. The molecule has 1 atom stereocenters. The Hall–Kier alpha value is -2.76. The largest absolute Gasteiger partial charge is 0.445 e. The summed E-state index contributed by atoms with van der Waals surface area (Å²) < 4.78 is 44.9. The molecule has 0 radical (unpaired) electrons. The molecule has 1 unspecified atom stereocenters. The van der Waals surface area contributed by atoms with Gasteiger partial charge in [-0.3, -0.25) is 0 Å². The van der Waals surface area contributed by atoms with E-state index in [0.29, 0.717) is 11.1 Å². The lowest BCUT2D eigenvalue weighted by Gasteiger charge is -2.22. The number of benzene rings is 2.